The lowest BCUT2D eigenvalue weighted by atomic mass is 9.85. The van der Waals surface area contributed by atoms with Crippen LogP contribution in [-0.4, -0.2) is 41.9 Å². The summed E-state index contributed by atoms with van der Waals surface area (Å²) in [5, 5.41) is 13.6. The molecule has 1 unspecified atom stereocenters. The highest BCUT2D eigenvalue weighted by Crippen LogP contribution is 2.37. The average molecular weight is 428 g/mol. The van der Waals surface area contributed by atoms with Crippen LogP contribution in [0.25, 0.3) is 0 Å². The molecule has 2 aliphatic rings. The number of nitrogens with one attached hydrogen (secondary N) is 1. The number of rotatable bonds is 8. The van der Waals surface area contributed by atoms with Gasteiger partial charge < -0.3 is 15.3 Å². The second-order valence-corrected chi connectivity index (χ2v) is 10.0. The largest absolute Gasteiger partial charge is 0.392 e. The molecule has 3 atom stereocenters. The van der Waals surface area contributed by atoms with Gasteiger partial charge in [0.2, 0.25) is 12.1 Å². The van der Waals surface area contributed by atoms with Gasteiger partial charge in [0, 0.05) is 18.0 Å². The molecule has 0 spiro atoms. The molecule has 1 aromatic carbocycles. The number of amides is 2. The maximum Gasteiger partial charge on any atom is 0.272 e. The maximum atomic E-state index is 13.3. The average Bonchev–Trinajstić information content (AvgIpc) is 3.55. The van der Waals surface area contributed by atoms with Crippen molar-refractivity contribution in [1.82, 2.24) is 5.32 Å². The van der Waals surface area contributed by atoms with Crippen LogP contribution in [0.4, 0.5) is 5.69 Å². The van der Waals surface area contributed by atoms with Gasteiger partial charge in [-0.05, 0) is 24.8 Å². The van der Waals surface area contributed by atoms with E-state index in [0.29, 0.717) is 18.8 Å². The number of carbonyl (C=O) groups excluding carboxylic acids is 2. The topological polar surface area (TPSA) is 82.0 Å². The molecule has 31 heavy (non-hydrogen) atoms. The van der Waals surface area contributed by atoms with E-state index in [1.54, 1.807) is 11.9 Å². The first kappa shape index (κ1) is 23.5. The van der Waals surface area contributed by atoms with E-state index in [1.807, 2.05) is 24.3 Å². The van der Waals surface area contributed by atoms with Crippen molar-refractivity contribution in [3.63, 3.8) is 0 Å². The number of benzodiazepines with no additional fused rings is 1. The predicted molar refractivity (Wildman–Crippen MR) is 124 cm³/mol. The van der Waals surface area contributed by atoms with E-state index >= 15 is 0 Å². The van der Waals surface area contributed by atoms with Crippen molar-refractivity contribution < 1.29 is 14.7 Å². The number of anilines is 1. The summed E-state index contributed by atoms with van der Waals surface area (Å²) in [7, 11) is 1.72. The molecule has 1 aromatic rings. The van der Waals surface area contributed by atoms with Crippen molar-refractivity contribution in [2.45, 2.75) is 78.5 Å². The van der Waals surface area contributed by atoms with Gasteiger partial charge in [-0.15, -0.1) is 0 Å². The quantitative estimate of drug-likeness (QED) is 0.660. The molecule has 6 heteroatoms. The minimum absolute atomic E-state index is 0.270. The molecular formula is C25H37N3O3. The number of unbranched alkanes of at least 4 members (excludes halogenated alkanes) is 1. The number of benzene rings is 1. The number of nitrogens with zero attached hydrogens (tertiary/aromatic N) is 2. The third kappa shape index (κ3) is 5.53. The van der Waals surface area contributed by atoms with E-state index in [0.717, 1.165) is 42.6 Å². The molecule has 170 valence electrons. The lowest BCUT2D eigenvalue weighted by Gasteiger charge is -2.26. The van der Waals surface area contributed by atoms with Gasteiger partial charge in [0.25, 0.3) is 5.91 Å². The summed E-state index contributed by atoms with van der Waals surface area (Å²) < 4.78 is 0. The van der Waals surface area contributed by atoms with Crippen molar-refractivity contribution in [2.24, 2.45) is 22.2 Å². The molecule has 0 radical (unpaired) electrons. The van der Waals surface area contributed by atoms with E-state index in [4.69, 9.17) is 4.99 Å². The molecule has 3 rings (SSSR count). The number of aliphatic imine (C=N–C) groups is 1. The first-order valence-electron chi connectivity index (χ1n) is 11.6. The fourth-order valence-electron chi connectivity index (χ4n) is 4.22. The molecule has 1 heterocycles. The van der Waals surface area contributed by atoms with Crippen LogP contribution in [0.15, 0.2) is 29.3 Å². The highest BCUT2D eigenvalue weighted by Gasteiger charge is 2.38. The Balaban J connectivity index is 1.89. The fourth-order valence-corrected chi connectivity index (χ4v) is 4.22. The number of hydrogen-bond acceptors (Lipinski definition) is 4. The second kappa shape index (κ2) is 9.51. The Bertz CT molecular complexity index is 839. The summed E-state index contributed by atoms with van der Waals surface area (Å²) in [6, 6.07) is 7.71. The first-order valence-corrected chi connectivity index (χ1v) is 11.6. The molecule has 0 aromatic heterocycles. The smallest absolute Gasteiger partial charge is 0.272 e. The third-order valence-electron chi connectivity index (χ3n) is 6.27. The molecule has 2 amide bonds. The zero-order chi connectivity index (χ0) is 22.8. The Morgan fingerprint density at radius 1 is 1.29 bits per heavy atom. The van der Waals surface area contributed by atoms with Gasteiger partial charge in [0.05, 0.1) is 23.4 Å². The monoisotopic (exact) mass is 427 g/mol. The van der Waals surface area contributed by atoms with Crippen LogP contribution in [0.1, 0.15) is 71.8 Å². The lowest BCUT2D eigenvalue weighted by Crippen LogP contribution is -2.49. The Kier molecular flexibility index (Phi) is 7.20. The minimum atomic E-state index is -1.00. The Morgan fingerprint density at radius 2 is 1.97 bits per heavy atom. The van der Waals surface area contributed by atoms with Crippen molar-refractivity contribution in [3.05, 3.63) is 29.8 Å². The van der Waals surface area contributed by atoms with E-state index < -0.39 is 18.2 Å². The number of fused-ring (bicyclic) bond motifs is 1. The summed E-state index contributed by atoms with van der Waals surface area (Å²) in [4.78, 5) is 32.9. The number of aliphatic hydroxyl groups is 1. The van der Waals surface area contributed by atoms with Gasteiger partial charge in [-0.25, -0.2) is 0 Å². The van der Waals surface area contributed by atoms with Crippen LogP contribution in [0.5, 0.6) is 0 Å². The SMILES string of the molecule is CCCC[C@H](O)[C@@H](CC1CC1)C(=O)NC1N=C(C(C)(C)C)c2ccccc2N(C)C1=O. The van der Waals surface area contributed by atoms with Gasteiger partial charge in [-0.1, -0.05) is 71.6 Å². The lowest BCUT2D eigenvalue weighted by molar-refractivity contribution is -0.133. The summed E-state index contributed by atoms with van der Waals surface area (Å²) in [6.07, 6.45) is 3.64. The number of para-hydroxylation sites is 1. The van der Waals surface area contributed by atoms with Gasteiger partial charge in [-0.3, -0.25) is 14.6 Å². The van der Waals surface area contributed by atoms with Gasteiger partial charge >= 0.3 is 0 Å². The van der Waals surface area contributed by atoms with E-state index in [1.165, 1.54) is 0 Å². The van der Waals surface area contributed by atoms with Gasteiger partial charge in [0.15, 0.2) is 0 Å². The standard InChI is InChI=1S/C25H37N3O3/c1-6-7-12-20(29)18(15-16-13-14-16)23(30)27-22-24(31)28(5)19-11-9-8-10-17(19)21(26-22)25(2,3)4/h8-11,16,18,20,22,29H,6-7,12-15H2,1-5H3,(H,27,30)/t18-,20+,22?/m1/s1. The van der Waals surface area contributed by atoms with Gasteiger partial charge in [-0.2, -0.15) is 0 Å². The maximum absolute atomic E-state index is 13.3. The molecule has 1 aliphatic heterocycles. The molecule has 1 saturated carbocycles. The van der Waals surface area contributed by atoms with Crippen LogP contribution in [0.2, 0.25) is 0 Å². The zero-order valence-corrected chi connectivity index (χ0v) is 19.5. The molecule has 0 saturated heterocycles. The van der Waals surface area contributed by atoms with E-state index in [2.05, 4.69) is 33.0 Å². The molecular weight excluding hydrogens is 390 g/mol. The third-order valence-corrected chi connectivity index (χ3v) is 6.27. The number of carbonyl (C=O) groups is 2. The van der Waals surface area contributed by atoms with Crippen LogP contribution in [0.3, 0.4) is 0 Å². The molecule has 1 aliphatic carbocycles. The summed E-state index contributed by atoms with van der Waals surface area (Å²) in [5.41, 5.74) is 2.17. The molecule has 1 fully saturated rings. The van der Waals surface area contributed by atoms with Crippen LogP contribution in [-0.2, 0) is 9.59 Å². The molecule has 6 nitrogen and oxygen atoms in total. The van der Waals surface area contributed by atoms with Crippen molar-refractivity contribution in [3.8, 4) is 0 Å². The summed E-state index contributed by atoms with van der Waals surface area (Å²) in [5.74, 6) is -0.549. The van der Waals surface area contributed by atoms with Crippen LogP contribution >= 0.6 is 0 Å². The van der Waals surface area contributed by atoms with Crippen molar-refractivity contribution in [1.29, 1.82) is 0 Å². The Labute approximate surface area is 186 Å². The normalized spacial score (nSPS) is 21.1. The highest BCUT2D eigenvalue weighted by molar-refractivity contribution is 6.14. The Hall–Kier alpha value is -2.21. The minimum Gasteiger partial charge on any atom is -0.392 e. The number of hydrogen-bond donors (Lipinski definition) is 2. The van der Waals surface area contributed by atoms with Crippen LogP contribution < -0.4 is 10.2 Å². The molecule has 0 bridgehead atoms. The predicted octanol–water partition coefficient (Wildman–Crippen LogP) is 3.91. The van der Waals surface area contributed by atoms with E-state index in [-0.39, 0.29) is 17.2 Å². The van der Waals surface area contributed by atoms with Gasteiger partial charge in [0.1, 0.15) is 0 Å². The van der Waals surface area contributed by atoms with Crippen LogP contribution in [0, 0.1) is 17.3 Å². The number of aliphatic hydroxyl groups excluding tert-OH is 1. The zero-order valence-electron chi connectivity index (χ0n) is 19.5. The molecule has 2 N–H and O–H groups in total. The highest BCUT2D eigenvalue weighted by atomic mass is 16.3. The summed E-state index contributed by atoms with van der Waals surface area (Å²) >= 11 is 0. The fraction of sp³-hybridized carbons (Fsp3) is 0.640. The van der Waals surface area contributed by atoms with Crippen molar-refractivity contribution in [2.75, 3.05) is 11.9 Å². The second-order valence-electron chi connectivity index (χ2n) is 10.0. The Morgan fingerprint density at radius 3 is 2.58 bits per heavy atom. The summed E-state index contributed by atoms with van der Waals surface area (Å²) in [6.45, 7) is 8.24. The number of likely N-dealkylation sites (N-methyl/N-ethyl adjacent to an activating group) is 1. The van der Waals surface area contributed by atoms with E-state index in [9.17, 15) is 14.7 Å². The van der Waals surface area contributed by atoms with Crippen molar-refractivity contribution >= 4 is 23.2 Å². The first-order chi connectivity index (χ1) is 14.6.